The third kappa shape index (κ3) is 2.43. The average Bonchev–Trinajstić information content (AvgIpc) is 2.16. The summed E-state index contributed by atoms with van der Waals surface area (Å²) in [6.45, 7) is 0. The molecule has 0 aliphatic heterocycles. The van der Waals surface area contributed by atoms with Crippen LogP contribution in [-0.4, -0.2) is 17.3 Å². The molecular formula is C8H5BrClF2NO2. The van der Waals surface area contributed by atoms with Crippen LogP contribution in [0.4, 0.5) is 8.78 Å². The number of rotatable bonds is 3. The Balaban J connectivity index is 3.39. The predicted molar refractivity (Wildman–Crippen MR) is 53.6 cm³/mol. The van der Waals surface area contributed by atoms with Crippen molar-refractivity contribution in [1.82, 2.24) is 4.98 Å². The minimum atomic E-state index is -2.73. The van der Waals surface area contributed by atoms with E-state index in [9.17, 15) is 13.6 Å². The number of hydrogen-bond donors (Lipinski definition) is 0. The van der Waals surface area contributed by atoms with Crippen LogP contribution in [0.5, 0.6) is 5.75 Å². The van der Waals surface area contributed by atoms with Gasteiger partial charge in [0.15, 0.2) is 0 Å². The Kier molecular flexibility index (Phi) is 3.98. The van der Waals surface area contributed by atoms with E-state index in [1.807, 2.05) is 0 Å². The fourth-order valence-corrected chi connectivity index (χ4v) is 1.91. The van der Waals surface area contributed by atoms with E-state index in [0.29, 0.717) is 0 Å². The first-order valence-electron chi connectivity index (χ1n) is 3.69. The average molecular weight is 300 g/mol. The molecule has 0 bridgehead atoms. The van der Waals surface area contributed by atoms with Gasteiger partial charge in [-0.25, -0.2) is 13.8 Å². The maximum absolute atomic E-state index is 12.5. The van der Waals surface area contributed by atoms with Crippen molar-refractivity contribution in [2.45, 2.75) is 6.43 Å². The molecule has 0 N–H and O–H groups in total. The molecule has 0 radical (unpaired) electrons. The first kappa shape index (κ1) is 12.3. The molecule has 0 saturated heterocycles. The molecule has 0 saturated carbocycles. The molecule has 1 heterocycles. The number of nitrogens with zero attached hydrogens (tertiary/aromatic N) is 1. The van der Waals surface area contributed by atoms with Gasteiger partial charge in [0.25, 0.3) is 11.7 Å². The maximum atomic E-state index is 12.5. The first-order chi connectivity index (χ1) is 6.99. The van der Waals surface area contributed by atoms with Crippen molar-refractivity contribution >= 4 is 32.8 Å². The maximum Gasteiger partial charge on any atom is 0.272 e. The Bertz CT molecular complexity index is 400. The molecule has 0 aliphatic carbocycles. The summed E-state index contributed by atoms with van der Waals surface area (Å²) in [4.78, 5) is 14.4. The van der Waals surface area contributed by atoms with E-state index in [4.69, 9.17) is 16.3 Å². The molecule has 1 aromatic rings. The molecule has 15 heavy (non-hydrogen) atoms. The summed E-state index contributed by atoms with van der Waals surface area (Å²) in [7, 11) is 1.22. The SMILES string of the molecule is COc1c(C(F)F)cnc(C(=O)Cl)c1Br. The van der Waals surface area contributed by atoms with Gasteiger partial charge in [-0.3, -0.25) is 4.79 Å². The van der Waals surface area contributed by atoms with Crippen molar-refractivity contribution in [2.24, 2.45) is 0 Å². The number of carbonyl (C=O) groups is 1. The molecule has 3 nitrogen and oxygen atoms in total. The zero-order valence-electron chi connectivity index (χ0n) is 7.43. The molecule has 0 spiro atoms. The Hall–Kier alpha value is -0.750. The number of alkyl halides is 2. The molecule has 82 valence electrons. The summed E-state index contributed by atoms with van der Waals surface area (Å²) in [6, 6.07) is 0. The molecule has 1 rings (SSSR count). The number of methoxy groups -OCH3 is 1. The van der Waals surface area contributed by atoms with Crippen LogP contribution in [0.15, 0.2) is 10.7 Å². The van der Waals surface area contributed by atoms with Gasteiger partial charge >= 0.3 is 0 Å². The summed E-state index contributed by atoms with van der Waals surface area (Å²) >= 11 is 8.13. The Morgan fingerprint density at radius 1 is 1.67 bits per heavy atom. The van der Waals surface area contributed by atoms with Crippen LogP contribution in [0.1, 0.15) is 22.5 Å². The second-order valence-corrected chi connectivity index (χ2v) is 3.62. The van der Waals surface area contributed by atoms with Gasteiger partial charge in [-0.05, 0) is 27.5 Å². The minimum Gasteiger partial charge on any atom is -0.495 e. The summed E-state index contributed by atoms with van der Waals surface area (Å²) in [6.07, 6.45) is -1.87. The third-order valence-corrected chi connectivity index (χ3v) is 2.54. The highest BCUT2D eigenvalue weighted by Gasteiger charge is 2.22. The zero-order valence-corrected chi connectivity index (χ0v) is 9.77. The number of ether oxygens (including phenoxy) is 1. The monoisotopic (exact) mass is 299 g/mol. The molecule has 7 heteroatoms. The molecule has 0 atom stereocenters. The van der Waals surface area contributed by atoms with Gasteiger partial charge in [0.2, 0.25) is 0 Å². The normalized spacial score (nSPS) is 10.5. The van der Waals surface area contributed by atoms with Gasteiger partial charge in [-0.1, -0.05) is 0 Å². The van der Waals surface area contributed by atoms with Crippen molar-refractivity contribution in [3.05, 3.63) is 21.9 Å². The summed E-state index contributed by atoms with van der Waals surface area (Å²) in [5, 5.41) is -0.846. The molecule has 0 fully saturated rings. The lowest BCUT2D eigenvalue weighted by molar-refractivity contribution is 0.107. The van der Waals surface area contributed by atoms with Crippen molar-refractivity contribution in [2.75, 3.05) is 7.11 Å². The van der Waals surface area contributed by atoms with Crippen LogP contribution in [-0.2, 0) is 0 Å². The molecule has 0 unspecified atom stereocenters. The van der Waals surface area contributed by atoms with Crippen LogP contribution in [0.25, 0.3) is 0 Å². The van der Waals surface area contributed by atoms with E-state index < -0.39 is 17.2 Å². The highest BCUT2D eigenvalue weighted by molar-refractivity contribution is 9.10. The number of hydrogen-bond acceptors (Lipinski definition) is 3. The third-order valence-electron chi connectivity index (χ3n) is 1.63. The second kappa shape index (κ2) is 4.85. The quantitative estimate of drug-likeness (QED) is 0.805. The molecule has 0 aliphatic rings. The number of aromatic nitrogens is 1. The van der Waals surface area contributed by atoms with Crippen molar-refractivity contribution in [1.29, 1.82) is 0 Å². The molecular weight excluding hydrogens is 295 g/mol. The molecule has 1 aromatic heterocycles. The van der Waals surface area contributed by atoms with Gasteiger partial charge < -0.3 is 4.74 Å². The molecule has 0 aromatic carbocycles. The van der Waals surface area contributed by atoms with Gasteiger partial charge in [0, 0.05) is 6.20 Å². The lowest BCUT2D eigenvalue weighted by Gasteiger charge is -2.10. The number of pyridine rings is 1. The summed E-state index contributed by atoms with van der Waals surface area (Å²) < 4.78 is 29.7. The van der Waals surface area contributed by atoms with E-state index in [2.05, 4.69) is 20.9 Å². The van der Waals surface area contributed by atoms with Gasteiger partial charge in [-0.15, -0.1) is 0 Å². The lowest BCUT2D eigenvalue weighted by Crippen LogP contribution is -2.02. The first-order valence-corrected chi connectivity index (χ1v) is 4.86. The number of carbonyl (C=O) groups excluding carboxylic acids is 1. The topological polar surface area (TPSA) is 39.2 Å². The highest BCUT2D eigenvalue weighted by Crippen LogP contribution is 2.36. The van der Waals surface area contributed by atoms with Crippen LogP contribution < -0.4 is 4.74 Å². The summed E-state index contributed by atoms with van der Waals surface area (Å²) in [5.41, 5.74) is -0.552. The van der Waals surface area contributed by atoms with Crippen LogP contribution in [0.2, 0.25) is 0 Å². The Morgan fingerprint density at radius 3 is 2.67 bits per heavy atom. The van der Waals surface area contributed by atoms with Crippen molar-refractivity contribution in [3.8, 4) is 5.75 Å². The Labute approximate surface area is 97.5 Å². The highest BCUT2D eigenvalue weighted by atomic mass is 79.9. The van der Waals surface area contributed by atoms with Crippen molar-refractivity contribution < 1.29 is 18.3 Å². The second-order valence-electron chi connectivity index (χ2n) is 2.48. The van der Waals surface area contributed by atoms with Crippen molar-refractivity contribution in [3.63, 3.8) is 0 Å². The van der Waals surface area contributed by atoms with Gasteiger partial charge in [-0.2, -0.15) is 0 Å². The van der Waals surface area contributed by atoms with Crippen LogP contribution in [0.3, 0.4) is 0 Å². The fraction of sp³-hybridized carbons (Fsp3) is 0.250. The van der Waals surface area contributed by atoms with Crippen LogP contribution in [0, 0.1) is 0 Å². The van der Waals surface area contributed by atoms with E-state index >= 15 is 0 Å². The fourth-order valence-electron chi connectivity index (χ4n) is 0.984. The van der Waals surface area contributed by atoms with E-state index in [1.54, 1.807) is 0 Å². The summed E-state index contributed by atoms with van der Waals surface area (Å²) in [5.74, 6) is -0.135. The van der Waals surface area contributed by atoms with E-state index in [-0.39, 0.29) is 15.9 Å². The van der Waals surface area contributed by atoms with Crippen LogP contribution >= 0.6 is 27.5 Å². The standard InChI is InChI=1S/C8H5BrClF2NO2/c1-15-6-3(8(11)12)2-13-5(4(6)9)7(10)14/h2,8H,1H3. The lowest BCUT2D eigenvalue weighted by atomic mass is 10.2. The van der Waals surface area contributed by atoms with Gasteiger partial charge in [0.05, 0.1) is 17.1 Å². The van der Waals surface area contributed by atoms with Gasteiger partial charge in [0.1, 0.15) is 11.4 Å². The van der Waals surface area contributed by atoms with E-state index in [1.165, 1.54) is 7.11 Å². The van der Waals surface area contributed by atoms with E-state index in [0.717, 1.165) is 6.20 Å². The Morgan fingerprint density at radius 2 is 2.27 bits per heavy atom. The zero-order chi connectivity index (χ0) is 11.6. The largest absolute Gasteiger partial charge is 0.495 e. The minimum absolute atomic E-state index is 0.0304. The number of halogens is 4. The predicted octanol–water partition coefficient (Wildman–Crippen LogP) is 3.17. The molecule has 0 amide bonds. The smallest absolute Gasteiger partial charge is 0.272 e.